The zero-order chi connectivity index (χ0) is 42.6. The van der Waals surface area contributed by atoms with Gasteiger partial charge in [-0.25, -0.2) is 9.98 Å². The van der Waals surface area contributed by atoms with Crippen molar-refractivity contribution >= 4 is 41.7 Å². The van der Waals surface area contributed by atoms with Gasteiger partial charge in [0.1, 0.15) is 13.2 Å². The number of aliphatic hydroxyl groups excluding tert-OH is 2. The molecule has 4 aliphatic heterocycles. The number of aliphatic hydroxyl groups is 2. The smallest absolute Gasteiger partial charge is 0.497 e. The molecule has 2 aromatic heterocycles. The number of fused-ring (bicyclic) bond motifs is 2. The minimum absolute atomic E-state index is 0. The Balaban J connectivity index is 0.00000518. The quantitative estimate of drug-likeness (QED) is 0.110. The van der Waals surface area contributed by atoms with Gasteiger partial charge >= 0.3 is 8.02 Å². The second kappa shape index (κ2) is 19.4. The fourth-order valence-electron chi connectivity index (χ4n) is 8.69. The second-order valence-electron chi connectivity index (χ2n) is 15.1. The highest BCUT2D eigenvalue weighted by Crippen LogP contribution is 2.65. The summed E-state index contributed by atoms with van der Waals surface area (Å²) in [5.41, 5.74) is 12.3. The van der Waals surface area contributed by atoms with Gasteiger partial charge in [-0.2, -0.15) is 9.05 Å². The molecule has 0 radical (unpaired) electrons. The van der Waals surface area contributed by atoms with Gasteiger partial charge in [0.25, 0.3) is 0 Å². The molecule has 10 nitrogen and oxygen atoms in total. The summed E-state index contributed by atoms with van der Waals surface area (Å²) in [5, 5.41) is 21.1. The van der Waals surface area contributed by atoms with Crippen LogP contribution in [0.25, 0.3) is 22.3 Å². The fraction of sp³-hybridized carbons (Fsp3) is 0.154. The molecule has 4 aromatic carbocycles. The number of halogens is 1. The van der Waals surface area contributed by atoms with Crippen LogP contribution in [0.1, 0.15) is 33.6 Å². The molecule has 322 valence electrons. The summed E-state index contributed by atoms with van der Waals surface area (Å²) in [7, 11) is -3.79. The number of hydrogen-bond acceptors (Lipinski definition) is 8. The Morgan fingerprint density at radius 2 is 0.781 bits per heavy atom. The number of aliphatic imine (C=N–C) groups is 2. The van der Waals surface area contributed by atoms with Crippen LogP contribution in [0, 0.1) is 0 Å². The normalized spacial score (nSPS) is 15.7. The Hall–Kier alpha value is -6.04. The van der Waals surface area contributed by atoms with Crippen molar-refractivity contribution < 1.29 is 41.1 Å². The van der Waals surface area contributed by atoms with Crippen LogP contribution in [0.4, 0.5) is 0 Å². The van der Waals surface area contributed by atoms with E-state index in [0.717, 1.165) is 89.4 Å². The predicted molar refractivity (Wildman–Crippen MR) is 250 cm³/mol. The van der Waals surface area contributed by atoms with Crippen LogP contribution in [0.15, 0.2) is 191 Å². The van der Waals surface area contributed by atoms with Gasteiger partial charge in [0.05, 0.1) is 84.5 Å². The number of ether oxygens (including phenoxy) is 2. The standard InChI is InChI=1S/C52H46N4O6P.ClH/c57-29-31-59-33-35-61-63(62-36-34-60-32-30-58)55-45-25-26-46(55)51(39-17-9-3-10-18-39)43-23-24-44(54-43)52(40-19-11-4-12-20-40)48-28-27-47(56(48)63)50(38-15-7-2-8-16-38)42-22-21-41(53-42)49(45)37-13-5-1-6-14-37;/h1-28,57-58H,29-36H2;1H/q+1;/p-1. The van der Waals surface area contributed by atoms with Gasteiger partial charge in [-0.1, -0.05) is 121 Å². The third-order valence-corrected chi connectivity index (χ3v) is 14.2. The third kappa shape index (κ3) is 7.93. The lowest BCUT2D eigenvalue weighted by Gasteiger charge is -2.30. The molecule has 0 saturated heterocycles. The molecule has 0 atom stereocenters. The summed E-state index contributed by atoms with van der Waals surface area (Å²) in [5.74, 6) is 0. The first-order valence-electron chi connectivity index (χ1n) is 21.2. The highest BCUT2D eigenvalue weighted by Gasteiger charge is 2.55. The van der Waals surface area contributed by atoms with Gasteiger partial charge in [-0.15, -0.1) is 8.68 Å². The van der Waals surface area contributed by atoms with E-state index in [9.17, 15) is 10.2 Å². The Morgan fingerprint density at radius 3 is 1.16 bits per heavy atom. The second-order valence-corrected chi connectivity index (χ2v) is 17.4. The van der Waals surface area contributed by atoms with Gasteiger partial charge in [0, 0.05) is 22.3 Å². The maximum atomic E-state index is 9.74. The van der Waals surface area contributed by atoms with Crippen molar-refractivity contribution in [3.8, 4) is 0 Å². The maximum Gasteiger partial charge on any atom is 0.497 e. The van der Waals surface area contributed by atoms with Crippen molar-refractivity contribution in [2.45, 2.75) is 0 Å². The highest BCUT2D eigenvalue weighted by molar-refractivity contribution is 7.63. The molecule has 6 bridgehead atoms. The van der Waals surface area contributed by atoms with Gasteiger partial charge in [0.15, 0.2) is 0 Å². The van der Waals surface area contributed by atoms with E-state index in [4.69, 9.17) is 28.5 Å². The molecule has 0 unspecified atom stereocenters. The lowest BCUT2D eigenvalue weighted by Crippen LogP contribution is -3.00. The molecule has 4 aliphatic rings. The van der Waals surface area contributed by atoms with E-state index in [1.54, 1.807) is 0 Å². The van der Waals surface area contributed by atoms with Crippen LogP contribution in [0.5, 0.6) is 0 Å². The minimum atomic E-state index is -3.79. The summed E-state index contributed by atoms with van der Waals surface area (Å²) < 4.78 is 31.6. The largest absolute Gasteiger partial charge is 1.00 e. The van der Waals surface area contributed by atoms with Gasteiger partial charge in [-0.3, -0.25) is 0 Å². The summed E-state index contributed by atoms with van der Waals surface area (Å²) in [6.07, 6.45) is 8.43. The number of rotatable bonds is 16. The van der Waals surface area contributed by atoms with Gasteiger partial charge in [0.2, 0.25) is 0 Å². The van der Waals surface area contributed by atoms with Crippen molar-refractivity contribution in [2.24, 2.45) is 9.98 Å². The highest BCUT2D eigenvalue weighted by atomic mass is 35.5. The van der Waals surface area contributed by atoms with E-state index in [1.807, 2.05) is 72.8 Å². The van der Waals surface area contributed by atoms with E-state index in [2.05, 4.69) is 106 Å². The Kier molecular flexibility index (Phi) is 13.1. The molecule has 0 spiro atoms. The van der Waals surface area contributed by atoms with Crippen LogP contribution >= 0.6 is 8.02 Å². The molecule has 10 rings (SSSR count). The summed E-state index contributed by atoms with van der Waals surface area (Å²) in [4.78, 5) is 11.0. The van der Waals surface area contributed by atoms with Gasteiger partial charge < -0.3 is 32.1 Å². The topological polar surface area (TPSA) is 112 Å². The fourth-order valence-corrected chi connectivity index (χ4v) is 11.8. The Morgan fingerprint density at radius 1 is 0.406 bits per heavy atom. The number of hydrogen-bond donors (Lipinski definition) is 2. The van der Waals surface area contributed by atoms with Crippen molar-refractivity contribution in [2.75, 3.05) is 52.9 Å². The molecule has 0 saturated carbocycles. The van der Waals surface area contributed by atoms with Crippen LogP contribution in [0.3, 0.4) is 0 Å². The first-order valence-corrected chi connectivity index (χ1v) is 22.7. The van der Waals surface area contributed by atoms with Crippen molar-refractivity contribution in [3.05, 3.63) is 226 Å². The Bertz CT molecular complexity index is 2780. The van der Waals surface area contributed by atoms with E-state index < -0.39 is 8.02 Å². The minimum Gasteiger partial charge on any atom is -1.00 e. The number of allylic oxidation sites excluding steroid dienone is 4. The molecule has 64 heavy (non-hydrogen) atoms. The molecule has 6 aromatic rings. The molecule has 12 heteroatoms. The van der Waals surface area contributed by atoms with Crippen LogP contribution in [-0.2, 0) is 18.5 Å². The first kappa shape index (κ1) is 43.2. The van der Waals surface area contributed by atoms with E-state index in [0.29, 0.717) is 0 Å². The van der Waals surface area contributed by atoms with E-state index in [-0.39, 0.29) is 65.3 Å². The van der Waals surface area contributed by atoms with Crippen LogP contribution < -0.4 is 23.1 Å². The van der Waals surface area contributed by atoms with Crippen LogP contribution in [0.2, 0.25) is 0 Å². The van der Waals surface area contributed by atoms with Crippen molar-refractivity contribution in [1.82, 2.24) is 8.68 Å². The van der Waals surface area contributed by atoms with E-state index in [1.165, 1.54) is 0 Å². The van der Waals surface area contributed by atoms with Crippen molar-refractivity contribution in [1.29, 1.82) is 0 Å². The SMILES string of the molecule is OCCOCCO[P+]1(OCCOCCO)n2c3ccc2C(c2ccccc2)=C2C=CC(=N2)C(c2ccccc2)=c2ccc(n21)=C(c1ccccc1)C1=NC(=C3c2ccccc2)C=C1.[Cl-]. The molecule has 6 heterocycles. The lowest BCUT2D eigenvalue weighted by molar-refractivity contribution is -0.0000170. The number of benzene rings is 4. The average molecular weight is 889 g/mol. The summed E-state index contributed by atoms with van der Waals surface area (Å²) in [6, 6.07) is 50.0. The number of nitrogens with zero attached hydrogens (tertiary/aromatic N) is 4. The molecule has 2 N–H and O–H groups in total. The maximum absolute atomic E-state index is 9.74. The predicted octanol–water partition coefficient (Wildman–Crippen LogP) is 4.38. The summed E-state index contributed by atoms with van der Waals surface area (Å²) >= 11 is 0. The van der Waals surface area contributed by atoms with Crippen LogP contribution in [-0.4, -0.2) is 83.2 Å². The monoisotopic (exact) mass is 888 g/mol. The zero-order valence-corrected chi connectivity index (χ0v) is 36.6. The lowest BCUT2D eigenvalue weighted by atomic mass is 10.0. The third-order valence-electron chi connectivity index (χ3n) is 11.2. The average Bonchev–Trinajstić information content (AvgIpc) is 4.17. The summed E-state index contributed by atoms with van der Waals surface area (Å²) in [6.45, 7) is 0.707. The van der Waals surface area contributed by atoms with E-state index >= 15 is 0 Å². The first-order chi connectivity index (χ1) is 31.2. The molecule has 0 amide bonds. The molecule has 0 aliphatic carbocycles. The zero-order valence-electron chi connectivity index (χ0n) is 35.0. The van der Waals surface area contributed by atoms with Gasteiger partial charge in [-0.05, 0) is 70.8 Å². The number of aromatic nitrogens is 2. The Labute approximate surface area is 378 Å². The van der Waals surface area contributed by atoms with Crippen molar-refractivity contribution in [3.63, 3.8) is 0 Å². The molecular weight excluding hydrogens is 843 g/mol. The molecule has 0 fully saturated rings. The molecular formula is C52H46ClN4O6P.